The Labute approximate surface area is 173 Å². The van der Waals surface area contributed by atoms with Gasteiger partial charge in [-0.05, 0) is 60.7 Å². The molecule has 150 valence electrons. The Bertz CT molecular complexity index is 1100. The van der Waals surface area contributed by atoms with E-state index >= 15 is 0 Å². The van der Waals surface area contributed by atoms with Gasteiger partial charge in [0.1, 0.15) is 5.75 Å². The van der Waals surface area contributed by atoms with Crippen LogP contribution in [0.3, 0.4) is 0 Å². The first kappa shape index (κ1) is 20.5. The molecule has 0 fully saturated rings. The lowest BCUT2D eigenvalue weighted by Gasteiger charge is -2.11. The molecule has 0 saturated carbocycles. The Morgan fingerprint density at radius 2 is 1.45 bits per heavy atom. The van der Waals surface area contributed by atoms with Crippen LogP contribution >= 0.6 is 11.6 Å². The molecule has 0 atom stereocenters. The van der Waals surface area contributed by atoms with Crippen molar-refractivity contribution in [2.75, 3.05) is 22.5 Å². The molecule has 0 aliphatic rings. The predicted octanol–water partition coefficient (Wildman–Crippen LogP) is 4.79. The Morgan fingerprint density at radius 3 is 2.03 bits per heavy atom. The average molecular weight is 432 g/mol. The third kappa shape index (κ3) is 5.63. The molecule has 0 aliphatic carbocycles. The van der Waals surface area contributed by atoms with Crippen LogP contribution in [0.5, 0.6) is 5.75 Å². The summed E-state index contributed by atoms with van der Waals surface area (Å²) in [6.45, 7) is 0. The average Bonchev–Trinajstić information content (AvgIpc) is 2.70. The number of carbonyl (C=O) groups excluding carboxylic acids is 1. The number of halogens is 1. The lowest BCUT2D eigenvalue weighted by atomic mass is 10.3. The van der Waals surface area contributed by atoms with Crippen molar-refractivity contribution in [2.45, 2.75) is 4.90 Å². The number of hydrogen-bond acceptors (Lipinski definition) is 4. The van der Waals surface area contributed by atoms with Crippen LogP contribution in [0.25, 0.3) is 0 Å². The summed E-state index contributed by atoms with van der Waals surface area (Å²) in [6, 6.07) is 18.6. The number of hydrogen-bond donors (Lipinski definition) is 3. The Kier molecular flexibility index (Phi) is 6.26. The number of ether oxygens (including phenoxy) is 1. The normalized spacial score (nSPS) is 10.8. The van der Waals surface area contributed by atoms with Crippen LogP contribution in [0.15, 0.2) is 77.7 Å². The molecular formula is C20H18ClN3O4S. The van der Waals surface area contributed by atoms with Crippen molar-refractivity contribution in [3.05, 3.63) is 77.8 Å². The molecule has 0 aliphatic heterocycles. The number of urea groups is 1. The number of anilines is 3. The van der Waals surface area contributed by atoms with E-state index in [1.807, 2.05) is 0 Å². The van der Waals surface area contributed by atoms with Gasteiger partial charge in [-0.1, -0.05) is 17.7 Å². The van der Waals surface area contributed by atoms with E-state index in [1.54, 1.807) is 48.5 Å². The first-order valence-corrected chi connectivity index (χ1v) is 10.3. The number of carbonyl (C=O) groups is 1. The molecular weight excluding hydrogens is 414 g/mol. The van der Waals surface area contributed by atoms with Crippen molar-refractivity contribution < 1.29 is 17.9 Å². The molecule has 0 bridgehead atoms. The van der Waals surface area contributed by atoms with E-state index in [2.05, 4.69) is 15.4 Å². The van der Waals surface area contributed by atoms with Crippen molar-refractivity contribution in [2.24, 2.45) is 0 Å². The summed E-state index contributed by atoms with van der Waals surface area (Å²) in [4.78, 5) is 12.1. The molecule has 2 amide bonds. The van der Waals surface area contributed by atoms with Crippen LogP contribution < -0.4 is 20.1 Å². The molecule has 9 heteroatoms. The molecule has 7 nitrogen and oxygen atoms in total. The molecule has 0 spiro atoms. The fourth-order valence-electron chi connectivity index (χ4n) is 2.44. The third-order valence-corrected chi connectivity index (χ3v) is 5.50. The molecule has 3 rings (SSSR count). The van der Waals surface area contributed by atoms with Gasteiger partial charge >= 0.3 is 6.03 Å². The molecule has 3 N–H and O–H groups in total. The minimum atomic E-state index is -3.78. The third-order valence-electron chi connectivity index (χ3n) is 3.85. The standard InChI is InChI=1S/C20H18ClN3O4S/c1-28-18-4-2-3-17(13-18)24-29(26,27)19-11-9-16(10-12-19)23-20(25)22-15-7-5-14(21)6-8-15/h2-13,24H,1H3,(H2,22,23,25). The zero-order chi connectivity index (χ0) is 20.9. The largest absolute Gasteiger partial charge is 0.497 e. The van der Waals surface area contributed by atoms with E-state index in [0.717, 1.165) is 0 Å². The first-order valence-electron chi connectivity index (χ1n) is 8.46. The van der Waals surface area contributed by atoms with Gasteiger partial charge in [-0.3, -0.25) is 4.72 Å². The fourth-order valence-corrected chi connectivity index (χ4v) is 3.62. The van der Waals surface area contributed by atoms with Crippen molar-refractivity contribution in [3.63, 3.8) is 0 Å². The maximum Gasteiger partial charge on any atom is 0.323 e. The van der Waals surface area contributed by atoms with Gasteiger partial charge in [0.05, 0.1) is 17.7 Å². The van der Waals surface area contributed by atoms with Gasteiger partial charge in [0.2, 0.25) is 0 Å². The molecule has 0 saturated heterocycles. The van der Waals surface area contributed by atoms with Gasteiger partial charge in [-0.15, -0.1) is 0 Å². The maximum atomic E-state index is 12.5. The van der Waals surface area contributed by atoms with Gasteiger partial charge in [0, 0.05) is 22.5 Å². The van der Waals surface area contributed by atoms with Crippen LogP contribution in [0, 0.1) is 0 Å². The Hall–Kier alpha value is -3.23. The van der Waals surface area contributed by atoms with Gasteiger partial charge in [-0.2, -0.15) is 0 Å². The Balaban J connectivity index is 1.65. The summed E-state index contributed by atoms with van der Waals surface area (Å²) in [7, 11) is -2.28. The number of rotatable bonds is 6. The SMILES string of the molecule is COc1cccc(NS(=O)(=O)c2ccc(NC(=O)Nc3ccc(Cl)cc3)cc2)c1. The van der Waals surface area contributed by atoms with Crippen LogP contribution in [0.1, 0.15) is 0 Å². The van der Waals surface area contributed by atoms with Gasteiger partial charge in [0.25, 0.3) is 10.0 Å². The topological polar surface area (TPSA) is 96.5 Å². The highest BCUT2D eigenvalue weighted by molar-refractivity contribution is 7.92. The molecule has 29 heavy (non-hydrogen) atoms. The van der Waals surface area contributed by atoms with E-state index in [1.165, 1.54) is 31.4 Å². The highest BCUT2D eigenvalue weighted by atomic mass is 35.5. The van der Waals surface area contributed by atoms with Crippen LogP contribution in [-0.4, -0.2) is 21.6 Å². The monoisotopic (exact) mass is 431 g/mol. The second-order valence-corrected chi connectivity index (χ2v) is 8.07. The van der Waals surface area contributed by atoms with E-state index in [-0.39, 0.29) is 4.90 Å². The van der Waals surface area contributed by atoms with Gasteiger partial charge in [-0.25, -0.2) is 13.2 Å². The van der Waals surface area contributed by atoms with Crippen LogP contribution in [0.4, 0.5) is 21.9 Å². The fraction of sp³-hybridized carbons (Fsp3) is 0.0500. The maximum absolute atomic E-state index is 12.5. The van der Waals surface area contributed by atoms with E-state index in [4.69, 9.17) is 16.3 Å². The second-order valence-electron chi connectivity index (χ2n) is 5.95. The first-order chi connectivity index (χ1) is 13.9. The van der Waals surface area contributed by atoms with E-state index in [0.29, 0.717) is 27.8 Å². The zero-order valence-corrected chi connectivity index (χ0v) is 16.9. The zero-order valence-electron chi connectivity index (χ0n) is 15.3. The number of nitrogens with one attached hydrogen (secondary N) is 3. The van der Waals surface area contributed by atoms with Crippen LogP contribution in [0.2, 0.25) is 5.02 Å². The summed E-state index contributed by atoms with van der Waals surface area (Å²) >= 11 is 5.81. The lowest BCUT2D eigenvalue weighted by molar-refractivity contribution is 0.262. The highest BCUT2D eigenvalue weighted by Crippen LogP contribution is 2.22. The number of benzene rings is 3. The Morgan fingerprint density at radius 1 is 0.862 bits per heavy atom. The number of methoxy groups -OCH3 is 1. The minimum Gasteiger partial charge on any atom is -0.497 e. The summed E-state index contributed by atoms with van der Waals surface area (Å²) in [5.74, 6) is 0.538. The van der Waals surface area contributed by atoms with Crippen molar-refractivity contribution in [3.8, 4) is 5.75 Å². The number of amides is 2. The molecule has 0 aromatic heterocycles. The highest BCUT2D eigenvalue weighted by Gasteiger charge is 2.15. The second kappa shape index (κ2) is 8.85. The van der Waals surface area contributed by atoms with Gasteiger partial charge < -0.3 is 15.4 Å². The van der Waals surface area contributed by atoms with E-state index < -0.39 is 16.1 Å². The number of sulfonamides is 1. The predicted molar refractivity (Wildman–Crippen MR) is 114 cm³/mol. The summed E-state index contributed by atoms with van der Waals surface area (Å²) in [6.07, 6.45) is 0. The smallest absolute Gasteiger partial charge is 0.323 e. The van der Waals surface area contributed by atoms with Gasteiger partial charge in [0.15, 0.2) is 0 Å². The van der Waals surface area contributed by atoms with Crippen molar-refractivity contribution in [1.82, 2.24) is 0 Å². The summed E-state index contributed by atoms with van der Waals surface area (Å²) in [5.41, 5.74) is 1.40. The van der Waals surface area contributed by atoms with Crippen LogP contribution in [-0.2, 0) is 10.0 Å². The summed E-state index contributed by atoms with van der Waals surface area (Å²) < 4.78 is 32.7. The van der Waals surface area contributed by atoms with Crippen molar-refractivity contribution in [1.29, 1.82) is 0 Å². The lowest BCUT2D eigenvalue weighted by Crippen LogP contribution is -2.19. The van der Waals surface area contributed by atoms with E-state index in [9.17, 15) is 13.2 Å². The molecule has 0 heterocycles. The molecule has 0 unspecified atom stereocenters. The molecule has 0 radical (unpaired) electrons. The summed E-state index contributed by atoms with van der Waals surface area (Å²) in [5, 5.41) is 5.85. The quantitative estimate of drug-likeness (QED) is 0.522. The van der Waals surface area contributed by atoms with Crippen molar-refractivity contribution >= 4 is 44.7 Å². The minimum absolute atomic E-state index is 0.0592. The molecule has 3 aromatic rings. The molecule has 3 aromatic carbocycles.